The van der Waals surface area contributed by atoms with Gasteiger partial charge in [-0.3, -0.25) is 0 Å². The van der Waals surface area contributed by atoms with E-state index in [4.69, 9.17) is 10.8 Å². The quantitative estimate of drug-likeness (QED) is 0.575. The first-order chi connectivity index (χ1) is 6.83. The zero-order chi connectivity index (χ0) is 10.4. The summed E-state index contributed by atoms with van der Waals surface area (Å²) in [5, 5.41) is 11.9. The highest BCUT2D eigenvalue weighted by Crippen LogP contribution is 2.10. The third-order valence-corrected chi connectivity index (χ3v) is 2.18. The summed E-state index contributed by atoms with van der Waals surface area (Å²) in [6, 6.07) is 0.0737. The summed E-state index contributed by atoms with van der Waals surface area (Å²) in [6.07, 6.45) is 3.60. The van der Waals surface area contributed by atoms with Gasteiger partial charge < -0.3 is 20.7 Å². The Morgan fingerprint density at radius 2 is 2.50 bits per heavy atom. The van der Waals surface area contributed by atoms with Crippen LogP contribution in [0.2, 0.25) is 0 Å². The van der Waals surface area contributed by atoms with Gasteiger partial charge in [-0.2, -0.15) is 0 Å². The van der Waals surface area contributed by atoms with E-state index in [0.717, 1.165) is 12.2 Å². The average Bonchev–Trinajstić information content (AvgIpc) is 2.67. The number of nitrogens with two attached hydrogens (primary N) is 1. The molecule has 0 aromatic carbocycles. The molecular weight excluding hydrogens is 180 g/mol. The number of rotatable bonds is 6. The highest BCUT2D eigenvalue weighted by Gasteiger charge is 2.12. The largest absolute Gasteiger partial charge is 0.395 e. The minimum Gasteiger partial charge on any atom is -0.395 e. The summed E-state index contributed by atoms with van der Waals surface area (Å²) in [5.41, 5.74) is 6.72. The third kappa shape index (κ3) is 2.54. The Morgan fingerprint density at radius 1 is 1.71 bits per heavy atom. The van der Waals surface area contributed by atoms with E-state index in [1.165, 1.54) is 0 Å². The van der Waals surface area contributed by atoms with Crippen LogP contribution < -0.4 is 11.1 Å². The van der Waals surface area contributed by atoms with E-state index in [2.05, 4.69) is 17.2 Å². The SMILES string of the molecule is CCn1cncc1C(CN)NCCO. The lowest BCUT2D eigenvalue weighted by Crippen LogP contribution is -2.31. The van der Waals surface area contributed by atoms with Crippen molar-refractivity contribution in [3.05, 3.63) is 18.2 Å². The van der Waals surface area contributed by atoms with Gasteiger partial charge in [-0.05, 0) is 6.92 Å². The van der Waals surface area contributed by atoms with E-state index >= 15 is 0 Å². The van der Waals surface area contributed by atoms with Crippen molar-refractivity contribution in [3.8, 4) is 0 Å². The highest BCUT2D eigenvalue weighted by atomic mass is 16.3. The zero-order valence-corrected chi connectivity index (χ0v) is 8.48. The van der Waals surface area contributed by atoms with Crippen LogP contribution >= 0.6 is 0 Å². The summed E-state index contributed by atoms with van der Waals surface area (Å²) in [7, 11) is 0. The number of hydrogen-bond acceptors (Lipinski definition) is 4. The molecule has 1 heterocycles. The lowest BCUT2D eigenvalue weighted by Gasteiger charge is -2.17. The second kappa shape index (κ2) is 5.74. The molecule has 14 heavy (non-hydrogen) atoms. The van der Waals surface area contributed by atoms with Crippen molar-refractivity contribution in [1.29, 1.82) is 0 Å². The van der Waals surface area contributed by atoms with Gasteiger partial charge in [-0.15, -0.1) is 0 Å². The molecule has 5 heteroatoms. The van der Waals surface area contributed by atoms with Gasteiger partial charge in [0.05, 0.1) is 24.7 Å². The Balaban J connectivity index is 2.67. The molecule has 0 bridgehead atoms. The fraction of sp³-hybridized carbons (Fsp3) is 0.667. The summed E-state index contributed by atoms with van der Waals surface area (Å²) in [5.74, 6) is 0. The molecular formula is C9H18N4O. The molecule has 0 amide bonds. The lowest BCUT2D eigenvalue weighted by molar-refractivity contribution is 0.283. The molecule has 1 aromatic rings. The van der Waals surface area contributed by atoms with Gasteiger partial charge in [0, 0.05) is 25.8 Å². The predicted octanol–water partition coefficient (Wildman–Crippen LogP) is -0.515. The fourth-order valence-corrected chi connectivity index (χ4v) is 1.43. The third-order valence-electron chi connectivity index (χ3n) is 2.18. The summed E-state index contributed by atoms with van der Waals surface area (Å²) >= 11 is 0. The molecule has 0 radical (unpaired) electrons. The Bertz CT molecular complexity index is 261. The van der Waals surface area contributed by atoms with Crippen molar-refractivity contribution >= 4 is 0 Å². The number of nitrogens with one attached hydrogen (secondary N) is 1. The lowest BCUT2D eigenvalue weighted by atomic mass is 10.2. The molecule has 1 unspecified atom stereocenters. The topological polar surface area (TPSA) is 76.1 Å². The first-order valence-electron chi connectivity index (χ1n) is 4.87. The van der Waals surface area contributed by atoms with Crippen LogP contribution in [0.3, 0.4) is 0 Å². The van der Waals surface area contributed by atoms with Crippen molar-refractivity contribution in [1.82, 2.24) is 14.9 Å². The number of aliphatic hydroxyl groups is 1. The van der Waals surface area contributed by atoms with Gasteiger partial charge in [0.2, 0.25) is 0 Å². The normalized spacial score (nSPS) is 13.1. The minimum absolute atomic E-state index is 0.0737. The van der Waals surface area contributed by atoms with Gasteiger partial charge in [0.1, 0.15) is 0 Å². The molecule has 0 spiro atoms. The Hall–Kier alpha value is -0.910. The molecule has 1 aromatic heterocycles. The molecule has 0 saturated carbocycles. The van der Waals surface area contributed by atoms with Crippen molar-refractivity contribution in [2.45, 2.75) is 19.5 Å². The number of nitrogens with zero attached hydrogens (tertiary/aromatic N) is 2. The Morgan fingerprint density at radius 3 is 3.07 bits per heavy atom. The predicted molar refractivity (Wildman–Crippen MR) is 54.8 cm³/mol. The molecule has 0 aliphatic carbocycles. The van der Waals surface area contributed by atoms with Gasteiger partial charge in [-0.1, -0.05) is 0 Å². The maximum Gasteiger partial charge on any atom is 0.0948 e. The zero-order valence-electron chi connectivity index (χ0n) is 8.48. The summed E-state index contributed by atoms with van der Waals surface area (Å²) in [4.78, 5) is 4.07. The second-order valence-corrected chi connectivity index (χ2v) is 3.07. The average molecular weight is 198 g/mol. The molecule has 0 aliphatic rings. The van der Waals surface area contributed by atoms with Crippen LogP contribution in [0.4, 0.5) is 0 Å². The van der Waals surface area contributed by atoms with Crippen molar-refractivity contribution in [2.75, 3.05) is 19.7 Å². The minimum atomic E-state index is 0.0737. The van der Waals surface area contributed by atoms with Crippen LogP contribution in [0.5, 0.6) is 0 Å². The fourth-order valence-electron chi connectivity index (χ4n) is 1.43. The maximum absolute atomic E-state index is 8.71. The smallest absolute Gasteiger partial charge is 0.0948 e. The van der Waals surface area contributed by atoms with E-state index in [1.807, 2.05) is 10.8 Å². The van der Waals surface area contributed by atoms with Crippen LogP contribution in [-0.4, -0.2) is 34.4 Å². The number of hydrogen-bond donors (Lipinski definition) is 3. The van der Waals surface area contributed by atoms with Crippen LogP contribution in [0.1, 0.15) is 18.7 Å². The molecule has 5 nitrogen and oxygen atoms in total. The molecule has 80 valence electrons. The van der Waals surface area contributed by atoms with E-state index in [9.17, 15) is 0 Å². The van der Waals surface area contributed by atoms with Gasteiger partial charge in [0.15, 0.2) is 0 Å². The van der Waals surface area contributed by atoms with Crippen LogP contribution in [0, 0.1) is 0 Å². The number of aliphatic hydroxyl groups excluding tert-OH is 1. The van der Waals surface area contributed by atoms with Crippen molar-refractivity contribution in [3.63, 3.8) is 0 Å². The molecule has 1 atom stereocenters. The molecule has 1 rings (SSSR count). The number of aromatic nitrogens is 2. The molecule has 4 N–H and O–H groups in total. The standard InChI is InChI=1S/C9H18N4O/c1-2-13-7-11-6-9(13)8(5-10)12-3-4-14/h6-8,12,14H,2-5,10H2,1H3. The Labute approximate surface area is 83.9 Å². The summed E-state index contributed by atoms with van der Waals surface area (Å²) < 4.78 is 2.04. The monoisotopic (exact) mass is 198 g/mol. The van der Waals surface area contributed by atoms with E-state index in [-0.39, 0.29) is 12.6 Å². The molecule has 0 aliphatic heterocycles. The summed E-state index contributed by atoms with van der Waals surface area (Å²) in [6.45, 7) is 4.12. The van der Waals surface area contributed by atoms with Gasteiger partial charge >= 0.3 is 0 Å². The van der Waals surface area contributed by atoms with E-state index < -0.39 is 0 Å². The van der Waals surface area contributed by atoms with Gasteiger partial charge in [0.25, 0.3) is 0 Å². The highest BCUT2D eigenvalue weighted by molar-refractivity contribution is 5.05. The Kier molecular flexibility index (Phi) is 4.58. The van der Waals surface area contributed by atoms with E-state index in [1.54, 1.807) is 6.33 Å². The van der Waals surface area contributed by atoms with Gasteiger partial charge in [-0.25, -0.2) is 4.98 Å². The first kappa shape index (κ1) is 11.2. The van der Waals surface area contributed by atoms with Crippen molar-refractivity contribution in [2.24, 2.45) is 5.73 Å². The van der Waals surface area contributed by atoms with E-state index in [0.29, 0.717) is 13.1 Å². The van der Waals surface area contributed by atoms with Crippen LogP contribution in [-0.2, 0) is 6.54 Å². The maximum atomic E-state index is 8.71. The number of imidazole rings is 1. The first-order valence-corrected chi connectivity index (χ1v) is 4.87. The van der Waals surface area contributed by atoms with Crippen LogP contribution in [0.15, 0.2) is 12.5 Å². The molecule has 0 saturated heterocycles. The molecule has 0 fully saturated rings. The second-order valence-electron chi connectivity index (χ2n) is 3.07. The number of aryl methyl sites for hydroxylation is 1. The van der Waals surface area contributed by atoms with Crippen LogP contribution in [0.25, 0.3) is 0 Å². The van der Waals surface area contributed by atoms with Crippen molar-refractivity contribution < 1.29 is 5.11 Å².